The number of benzene rings is 1. The van der Waals surface area contributed by atoms with Gasteiger partial charge in [0.2, 0.25) is 10.0 Å². The van der Waals surface area contributed by atoms with Crippen molar-refractivity contribution >= 4 is 33.2 Å². The predicted octanol–water partition coefficient (Wildman–Crippen LogP) is 3.42. The van der Waals surface area contributed by atoms with Crippen LogP contribution in [-0.4, -0.2) is 32.9 Å². The smallest absolute Gasteiger partial charge is 0.244 e. The second-order valence-corrected chi connectivity index (χ2v) is 6.89. The van der Waals surface area contributed by atoms with Crippen LogP contribution in [0.15, 0.2) is 17.0 Å². The number of nitrogens with zero attached hydrogens (tertiary/aromatic N) is 1. The van der Waals surface area contributed by atoms with E-state index in [0.29, 0.717) is 12.2 Å². The Balaban J connectivity index is 3.34. The minimum absolute atomic E-state index is 0.0113. The van der Waals surface area contributed by atoms with Gasteiger partial charge in [0.25, 0.3) is 0 Å². The summed E-state index contributed by atoms with van der Waals surface area (Å²) in [7, 11) is -0.700. The summed E-state index contributed by atoms with van der Waals surface area (Å²) < 4.78 is 31.2. The lowest BCUT2D eigenvalue weighted by Crippen LogP contribution is -2.34. The molecule has 1 rings (SSSR count). The van der Waals surface area contributed by atoms with E-state index in [2.05, 4.69) is 0 Å². The lowest BCUT2D eigenvalue weighted by molar-refractivity contribution is 0.380. The van der Waals surface area contributed by atoms with Gasteiger partial charge in [-0.1, -0.05) is 30.1 Å². The highest BCUT2D eigenvalue weighted by Crippen LogP contribution is 2.37. The van der Waals surface area contributed by atoms with Gasteiger partial charge in [-0.15, -0.1) is 0 Å². The van der Waals surface area contributed by atoms with Gasteiger partial charge >= 0.3 is 0 Å². The molecule has 1 aromatic carbocycles. The van der Waals surface area contributed by atoms with Crippen LogP contribution in [-0.2, 0) is 10.0 Å². The molecule has 108 valence electrons. The van der Waals surface area contributed by atoms with E-state index in [4.69, 9.17) is 27.9 Å². The highest BCUT2D eigenvalue weighted by Gasteiger charge is 2.28. The lowest BCUT2D eigenvalue weighted by atomic mass is 10.3. The molecule has 0 fully saturated rings. The lowest BCUT2D eigenvalue weighted by Gasteiger charge is -2.24. The molecular weight excluding hydrogens is 309 g/mol. The van der Waals surface area contributed by atoms with Crippen molar-refractivity contribution in [1.82, 2.24) is 4.31 Å². The molecule has 1 unspecified atom stereocenters. The SMILES string of the molecule is CCC(C)N(C)S(=O)(=O)c1ccc(OC)c(Cl)c1Cl. The van der Waals surface area contributed by atoms with Gasteiger partial charge in [0, 0.05) is 13.1 Å². The fourth-order valence-electron chi connectivity index (χ4n) is 1.52. The van der Waals surface area contributed by atoms with E-state index < -0.39 is 10.0 Å². The quantitative estimate of drug-likeness (QED) is 0.833. The molecule has 0 bridgehead atoms. The first-order valence-electron chi connectivity index (χ1n) is 5.77. The topological polar surface area (TPSA) is 46.6 Å². The summed E-state index contributed by atoms with van der Waals surface area (Å²) in [6, 6.07) is 2.77. The predicted molar refractivity (Wildman–Crippen MR) is 77.7 cm³/mol. The van der Waals surface area contributed by atoms with E-state index in [-0.39, 0.29) is 21.0 Å². The molecule has 0 N–H and O–H groups in total. The molecule has 0 aliphatic rings. The molecule has 4 nitrogen and oxygen atoms in total. The van der Waals surface area contributed by atoms with Crippen LogP contribution in [0.25, 0.3) is 0 Å². The molecule has 0 radical (unpaired) electrons. The second kappa shape index (κ2) is 6.31. The molecular formula is C12H17Cl2NO3S. The Morgan fingerprint density at radius 1 is 1.32 bits per heavy atom. The van der Waals surface area contributed by atoms with Gasteiger partial charge in [0.15, 0.2) is 0 Å². The Bertz CT molecular complexity index is 560. The van der Waals surface area contributed by atoms with E-state index in [1.807, 2.05) is 13.8 Å². The van der Waals surface area contributed by atoms with Crippen LogP contribution >= 0.6 is 23.2 Å². The summed E-state index contributed by atoms with van der Waals surface area (Å²) >= 11 is 12.0. The first kappa shape index (κ1) is 16.6. The van der Waals surface area contributed by atoms with Crippen LogP contribution in [0.5, 0.6) is 5.75 Å². The molecule has 0 spiro atoms. The average molecular weight is 326 g/mol. The normalized spacial score (nSPS) is 13.6. The summed E-state index contributed by atoms with van der Waals surface area (Å²) in [6.07, 6.45) is 0.706. The summed E-state index contributed by atoms with van der Waals surface area (Å²) in [5.74, 6) is 0.344. The fraction of sp³-hybridized carbons (Fsp3) is 0.500. The number of methoxy groups -OCH3 is 1. The summed E-state index contributed by atoms with van der Waals surface area (Å²) in [4.78, 5) is -0.0113. The molecule has 1 aromatic rings. The van der Waals surface area contributed by atoms with Gasteiger partial charge < -0.3 is 4.74 Å². The van der Waals surface area contributed by atoms with Gasteiger partial charge in [-0.3, -0.25) is 0 Å². The van der Waals surface area contributed by atoms with E-state index in [9.17, 15) is 8.42 Å². The van der Waals surface area contributed by atoms with Crippen molar-refractivity contribution < 1.29 is 13.2 Å². The Labute approximate surface area is 124 Å². The minimum Gasteiger partial charge on any atom is -0.495 e. The van der Waals surface area contributed by atoms with Crippen molar-refractivity contribution in [3.05, 3.63) is 22.2 Å². The Kier molecular flexibility index (Phi) is 5.50. The maximum absolute atomic E-state index is 12.4. The minimum atomic E-state index is -3.67. The number of hydrogen-bond donors (Lipinski definition) is 0. The van der Waals surface area contributed by atoms with Gasteiger partial charge in [-0.2, -0.15) is 4.31 Å². The molecule has 1 atom stereocenters. The fourth-order valence-corrected chi connectivity index (χ4v) is 3.77. The third kappa shape index (κ3) is 3.16. The van der Waals surface area contributed by atoms with E-state index in [0.717, 1.165) is 0 Å². The van der Waals surface area contributed by atoms with Crippen molar-refractivity contribution in [1.29, 1.82) is 0 Å². The van der Waals surface area contributed by atoms with Crippen LogP contribution < -0.4 is 4.74 Å². The van der Waals surface area contributed by atoms with Crippen molar-refractivity contribution in [3.8, 4) is 5.75 Å². The summed E-state index contributed by atoms with van der Waals surface area (Å²) in [5, 5.41) is 0.0824. The molecule has 0 saturated carbocycles. The van der Waals surface area contributed by atoms with Crippen LogP contribution in [0.2, 0.25) is 10.0 Å². The van der Waals surface area contributed by atoms with Gasteiger partial charge in [0.05, 0.1) is 12.1 Å². The van der Waals surface area contributed by atoms with E-state index in [1.165, 1.54) is 30.6 Å². The molecule has 0 aliphatic carbocycles. The van der Waals surface area contributed by atoms with Crippen molar-refractivity contribution in [3.63, 3.8) is 0 Å². The highest BCUT2D eigenvalue weighted by atomic mass is 35.5. The molecule has 19 heavy (non-hydrogen) atoms. The Morgan fingerprint density at radius 2 is 1.89 bits per heavy atom. The number of sulfonamides is 1. The zero-order valence-electron chi connectivity index (χ0n) is 11.3. The maximum Gasteiger partial charge on any atom is 0.244 e. The van der Waals surface area contributed by atoms with Crippen LogP contribution in [0.3, 0.4) is 0 Å². The maximum atomic E-state index is 12.4. The number of rotatable bonds is 5. The van der Waals surface area contributed by atoms with Crippen LogP contribution in [0.4, 0.5) is 0 Å². The van der Waals surface area contributed by atoms with Gasteiger partial charge in [-0.25, -0.2) is 8.42 Å². The number of ether oxygens (including phenoxy) is 1. The third-order valence-electron chi connectivity index (χ3n) is 3.10. The van der Waals surface area contributed by atoms with E-state index in [1.54, 1.807) is 0 Å². The molecule has 0 amide bonds. The van der Waals surface area contributed by atoms with Gasteiger partial charge in [0.1, 0.15) is 15.7 Å². The van der Waals surface area contributed by atoms with Crippen molar-refractivity contribution in [2.75, 3.05) is 14.2 Å². The first-order chi connectivity index (χ1) is 8.77. The summed E-state index contributed by atoms with van der Waals surface area (Å²) in [5.41, 5.74) is 0. The van der Waals surface area contributed by atoms with Crippen molar-refractivity contribution in [2.45, 2.75) is 31.2 Å². The zero-order chi connectivity index (χ0) is 14.8. The monoisotopic (exact) mass is 325 g/mol. The largest absolute Gasteiger partial charge is 0.495 e. The number of hydrogen-bond acceptors (Lipinski definition) is 3. The highest BCUT2D eigenvalue weighted by molar-refractivity contribution is 7.89. The Hall–Kier alpha value is -0.490. The third-order valence-corrected chi connectivity index (χ3v) is 6.09. The van der Waals surface area contributed by atoms with Crippen LogP contribution in [0, 0.1) is 0 Å². The number of halogens is 2. The summed E-state index contributed by atoms with van der Waals surface area (Å²) in [6.45, 7) is 3.75. The second-order valence-electron chi connectivity index (χ2n) is 4.17. The molecule has 0 aromatic heterocycles. The molecule has 0 saturated heterocycles. The standard InChI is InChI=1S/C12H17Cl2NO3S/c1-5-8(2)15(3)19(16,17)10-7-6-9(18-4)11(13)12(10)14/h6-8H,5H2,1-4H3. The van der Waals surface area contributed by atoms with Gasteiger partial charge in [-0.05, 0) is 25.5 Å². The Morgan fingerprint density at radius 3 is 2.37 bits per heavy atom. The zero-order valence-corrected chi connectivity index (χ0v) is 13.6. The molecule has 0 aliphatic heterocycles. The van der Waals surface area contributed by atoms with Crippen LogP contribution in [0.1, 0.15) is 20.3 Å². The molecule has 7 heteroatoms. The first-order valence-corrected chi connectivity index (χ1v) is 7.97. The van der Waals surface area contributed by atoms with Crippen molar-refractivity contribution in [2.24, 2.45) is 0 Å². The van der Waals surface area contributed by atoms with E-state index >= 15 is 0 Å². The molecule has 0 heterocycles. The average Bonchev–Trinajstić information content (AvgIpc) is 2.39.